The smallest absolute Gasteiger partial charge is 0.187 e. The highest BCUT2D eigenvalue weighted by molar-refractivity contribution is 7.80. The maximum Gasteiger partial charge on any atom is 0.187 e. The molecule has 0 aliphatic carbocycles. The van der Waals surface area contributed by atoms with E-state index in [9.17, 15) is 0 Å². The Bertz CT molecular complexity index is 599. The van der Waals surface area contributed by atoms with Crippen molar-refractivity contribution in [3.63, 3.8) is 0 Å². The number of benzene rings is 2. The predicted molar refractivity (Wildman–Crippen MR) is 88.1 cm³/mol. The maximum absolute atomic E-state index is 5.88. The van der Waals surface area contributed by atoms with E-state index in [2.05, 4.69) is 15.8 Å². The van der Waals surface area contributed by atoms with Gasteiger partial charge in [-0.1, -0.05) is 54.1 Å². The normalized spacial score (nSPS) is 10.4. The average molecular weight is 304 g/mol. The zero-order valence-corrected chi connectivity index (χ0v) is 12.3. The van der Waals surface area contributed by atoms with Gasteiger partial charge in [0.15, 0.2) is 5.11 Å². The molecule has 0 spiro atoms. The first-order valence-corrected chi connectivity index (χ1v) is 6.89. The second kappa shape index (κ2) is 7.62. The van der Waals surface area contributed by atoms with E-state index >= 15 is 0 Å². The fraction of sp³-hybridized carbons (Fsp3) is 0.0667. The molecule has 2 aromatic carbocycles. The van der Waals surface area contributed by atoms with Crippen LogP contribution in [-0.4, -0.2) is 11.3 Å². The fourth-order valence-corrected chi connectivity index (χ4v) is 1.89. The number of nitrogens with one attached hydrogen (secondary N) is 2. The highest BCUT2D eigenvalue weighted by atomic mass is 35.5. The minimum Gasteiger partial charge on any atom is -0.357 e. The highest BCUT2D eigenvalue weighted by Gasteiger charge is 1.94. The lowest BCUT2D eigenvalue weighted by Gasteiger charge is -2.06. The van der Waals surface area contributed by atoms with Gasteiger partial charge in [0.2, 0.25) is 0 Å². The lowest BCUT2D eigenvalue weighted by atomic mass is 10.2. The summed E-state index contributed by atoms with van der Waals surface area (Å²) >= 11 is 11.0. The van der Waals surface area contributed by atoms with Crippen molar-refractivity contribution >= 4 is 35.1 Å². The third kappa shape index (κ3) is 4.99. The quantitative estimate of drug-likeness (QED) is 0.517. The molecule has 2 N–H and O–H groups in total. The molecule has 0 aliphatic heterocycles. The summed E-state index contributed by atoms with van der Waals surface area (Å²) in [6.07, 6.45) is 1.67. The summed E-state index contributed by atoms with van der Waals surface area (Å²) in [6.45, 7) is 0.666. The Kier molecular flexibility index (Phi) is 5.53. The first-order valence-electron chi connectivity index (χ1n) is 6.10. The van der Waals surface area contributed by atoms with Crippen LogP contribution in [0.2, 0.25) is 5.02 Å². The Balaban J connectivity index is 1.78. The molecule has 20 heavy (non-hydrogen) atoms. The van der Waals surface area contributed by atoms with Crippen molar-refractivity contribution in [2.24, 2.45) is 5.10 Å². The number of hydrogen-bond donors (Lipinski definition) is 2. The average Bonchev–Trinajstić information content (AvgIpc) is 2.46. The Hall–Kier alpha value is -1.91. The molecule has 2 rings (SSSR count). The number of nitrogens with zero attached hydrogens (tertiary/aromatic N) is 1. The van der Waals surface area contributed by atoms with Crippen molar-refractivity contribution in [3.05, 3.63) is 70.7 Å². The van der Waals surface area contributed by atoms with E-state index < -0.39 is 0 Å². The van der Waals surface area contributed by atoms with Gasteiger partial charge in [0, 0.05) is 11.6 Å². The van der Waals surface area contributed by atoms with Crippen molar-refractivity contribution < 1.29 is 0 Å². The van der Waals surface area contributed by atoms with Crippen LogP contribution in [0.5, 0.6) is 0 Å². The van der Waals surface area contributed by atoms with E-state index in [1.807, 2.05) is 54.6 Å². The number of rotatable bonds is 4. The number of halogens is 1. The molecule has 0 amide bonds. The van der Waals surface area contributed by atoms with Crippen molar-refractivity contribution in [2.45, 2.75) is 6.54 Å². The fourth-order valence-electron chi connectivity index (χ4n) is 1.57. The SMILES string of the molecule is S=C(NCc1ccccc1)NN=Cc1cccc(Cl)c1. The standard InChI is InChI=1S/C15H14ClN3S/c16-14-8-4-7-13(9-14)11-18-19-15(20)17-10-12-5-2-1-3-6-12/h1-9,11H,10H2,(H2,17,19,20). The van der Waals surface area contributed by atoms with Crippen LogP contribution < -0.4 is 10.7 Å². The van der Waals surface area contributed by atoms with Gasteiger partial charge in [-0.25, -0.2) is 0 Å². The van der Waals surface area contributed by atoms with Crippen LogP contribution in [0.4, 0.5) is 0 Å². The molecule has 0 saturated heterocycles. The second-order valence-electron chi connectivity index (χ2n) is 4.09. The molecule has 0 aromatic heterocycles. The van der Waals surface area contributed by atoms with Crippen LogP contribution in [-0.2, 0) is 6.54 Å². The van der Waals surface area contributed by atoms with Gasteiger partial charge in [0.25, 0.3) is 0 Å². The third-order valence-corrected chi connectivity index (χ3v) is 3.00. The Morgan fingerprint density at radius 3 is 2.70 bits per heavy atom. The molecule has 3 nitrogen and oxygen atoms in total. The number of hydrazone groups is 1. The summed E-state index contributed by atoms with van der Waals surface area (Å²) in [5.74, 6) is 0. The molecule has 0 atom stereocenters. The number of hydrogen-bond acceptors (Lipinski definition) is 2. The van der Waals surface area contributed by atoms with Crippen LogP contribution in [0.15, 0.2) is 59.7 Å². The monoisotopic (exact) mass is 303 g/mol. The van der Waals surface area contributed by atoms with E-state index in [4.69, 9.17) is 23.8 Å². The topological polar surface area (TPSA) is 36.4 Å². The molecule has 0 aliphatic rings. The molecule has 5 heteroatoms. The molecule has 0 unspecified atom stereocenters. The van der Waals surface area contributed by atoms with Gasteiger partial charge in [-0.05, 0) is 35.5 Å². The molecular weight excluding hydrogens is 290 g/mol. The minimum absolute atomic E-state index is 0.479. The highest BCUT2D eigenvalue weighted by Crippen LogP contribution is 2.08. The van der Waals surface area contributed by atoms with E-state index in [1.165, 1.54) is 0 Å². The molecule has 0 bridgehead atoms. The van der Waals surface area contributed by atoms with Gasteiger partial charge in [-0.15, -0.1) is 0 Å². The summed E-state index contributed by atoms with van der Waals surface area (Å²) in [7, 11) is 0. The zero-order valence-electron chi connectivity index (χ0n) is 10.7. The van der Waals surface area contributed by atoms with Crippen LogP contribution in [0, 0.1) is 0 Å². The lowest BCUT2D eigenvalue weighted by Crippen LogP contribution is -2.31. The van der Waals surface area contributed by atoms with Crippen molar-refractivity contribution in [2.75, 3.05) is 0 Å². The Morgan fingerprint density at radius 2 is 1.95 bits per heavy atom. The largest absolute Gasteiger partial charge is 0.357 e. The van der Waals surface area contributed by atoms with Crippen LogP contribution in [0.3, 0.4) is 0 Å². The predicted octanol–water partition coefficient (Wildman–Crippen LogP) is 3.34. The third-order valence-electron chi connectivity index (χ3n) is 2.52. The summed E-state index contributed by atoms with van der Waals surface area (Å²) < 4.78 is 0. The maximum atomic E-state index is 5.88. The van der Waals surface area contributed by atoms with Gasteiger partial charge >= 0.3 is 0 Å². The molecule has 0 fully saturated rings. The summed E-state index contributed by atoms with van der Waals surface area (Å²) in [5, 5.41) is 8.29. The van der Waals surface area contributed by atoms with Crippen LogP contribution >= 0.6 is 23.8 Å². The van der Waals surface area contributed by atoms with Crippen molar-refractivity contribution in [1.29, 1.82) is 0 Å². The van der Waals surface area contributed by atoms with E-state index in [0.29, 0.717) is 16.7 Å². The second-order valence-corrected chi connectivity index (χ2v) is 4.94. The summed E-state index contributed by atoms with van der Waals surface area (Å²) in [6, 6.07) is 17.5. The van der Waals surface area contributed by atoms with Crippen molar-refractivity contribution in [1.82, 2.24) is 10.7 Å². The number of thiocarbonyl (C=S) groups is 1. The van der Waals surface area contributed by atoms with Crippen molar-refractivity contribution in [3.8, 4) is 0 Å². The van der Waals surface area contributed by atoms with E-state index in [0.717, 1.165) is 11.1 Å². The summed E-state index contributed by atoms with van der Waals surface area (Å²) in [4.78, 5) is 0. The Labute approximate surface area is 128 Å². The van der Waals surface area contributed by atoms with Crippen LogP contribution in [0.25, 0.3) is 0 Å². The molecule has 0 heterocycles. The van der Waals surface area contributed by atoms with E-state index in [-0.39, 0.29) is 0 Å². The molecular formula is C15H14ClN3S. The van der Waals surface area contributed by atoms with Gasteiger partial charge in [0.1, 0.15) is 0 Å². The first-order chi connectivity index (χ1) is 9.74. The Morgan fingerprint density at radius 1 is 1.15 bits per heavy atom. The first kappa shape index (κ1) is 14.5. The van der Waals surface area contributed by atoms with Gasteiger partial charge in [-0.3, -0.25) is 5.43 Å². The molecule has 0 radical (unpaired) electrons. The molecule has 102 valence electrons. The van der Waals surface area contributed by atoms with Gasteiger partial charge in [0.05, 0.1) is 6.21 Å². The molecule has 0 saturated carbocycles. The van der Waals surface area contributed by atoms with E-state index in [1.54, 1.807) is 6.21 Å². The van der Waals surface area contributed by atoms with Gasteiger partial charge in [-0.2, -0.15) is 5.10 Å². The lowest BCUT2D eigenvalue weighted by molar-refractivity contribution is 0.869. The van der Waals surface area contributed by atoms with Crippen LogP contribution in [0.1, 0.15) is 11.1 Å². The minimum atomic E-state index is 0.479. The zero-order chi connectivity index (χ0) is 14.2. The summed E-state index contributed by atoms with van der Waals surface area (Å²) in [5.41, 5.74) is 4.84. The molecule has 2 aromatic rings. The van der Waals surface area contributed by atoms with Gasteiger partial charge < -0.3 is 5.32 Å².